The van der Waals surface area contributed by atoms with Gasteiger partial charge in [-0.1, -0.05) is 12.1 Å². The third-order valence-corrected chi connectivity index (χ3v) is 3.19. The highest BCUT2D eigenvalue weighted by Crippen LogP contribution is 2.10. The van der Waals surface area contributed by atoms with Crippen LogP contribution in [-0.4, -0.2) is 49.4 Å². The summed E-state index contributed by atoms with van der Waals surface area (Å²) >= 11 is 0. The molecule has 0 bridgehead atoms. The molecule has 20 heavy (non-hydrogen) atoms. The summed E-state index contributed by atoms with van der Waals surface area (Å²) in [6, 6.07) is 7.16. The molecule has 4 N–H and O–H groups in total. The molecular weight excluding hydrogens is 256 g/mol. The second-order valence-electron chi connectivity index (χ2n) is 4.91. The summed E-state index contributed by atoms with van der Waals surface area (Å²) in [5, 5.41) is 6.10. The van der Waals surface area contributed by atoms with Crippen molar-refractivity contribution in [2.24, 2.45) is 5.73 Å². The van der Waals surface area contributed by atoms with Crippen LogP contribution in [0.15, 0.2) is 24.3 Å². The molecule has 0 aliphatic carbocycles. The number of hydrogen-bond donors (Lipinski definition) is 3. The Bertz CT molecular complexity index is 467. The summed E-state index contributed by atoms with van der Waals surface area (Å²) in [5.74, 6) is -0.380. The van der Waals surface area contributed by atoms with E-state index in [0.29, 0.717) is 6.54 Å². The topological polar surface area (TPSA) is 87.5 Å². The van der Waals surface area contributed by atoms with Crippen LogP contribution in [0.5, 0.6) is 0 Å². The van der Waals surface area contributed by atoms with E-state index >= 15 is 0 Å². The first-order chi connectivity index (χ1) is 9.63. The number of hydrogen-bond acceptors (Lipinski definition) is 4. The zero-order chi connectivity index (χ0) is 14.4. The molecule has 1 fully saturated rings. The lowest BCUT2D eigenvalue weighted by atomic mass is 10.1. The Morgan fingerprint density at radius 1 is 1.20 bits per heavy atom. The van der Waals surface area contributed by atoms with Gasteiger partial charge in [-0.2, -0.15) is 0 Å². The van der Waals surface area contributed by atoms with Gasteiger partial charge in [0, 0.05) is 31.9 Å². The maximum absolute atomic E-state index is 11.9. The van der Waals surface area contributed by atoms with E-state index in [9.17, 15) is 9.59 Å². The number of primary amides is 1. The van der Waals surface area contributed by atoms with Crippen LogP contribution in [0, 0.1) is 0 Å². The molecule has 1 aliphatic rings. The van der Waals surface area contributed by atoms with E-state index in [-0.39, 0.29) is 18.2 Å². The van der Waals surface area contributed by atoms with Crippen molar-refractivity contribution >= 4 is 17.5 Å². The van der Waals surface area contributed by atoms with Crippen molar-refractivity contribution in [2.75, 3.05) is 38.0 Å². The Kier molecular flexibility index (Phi) is 5.09. The first-order valence-corrected chi connectivity index (χ1v) is 6.73. The predicted octanol–water partition coefficient (Wildman–Crippen LogP) is -0.442. The van der Waals surface area contributed by atoms with Gasteiger partial charge in [-0.25, -0.2) is 0 Å². The number of amides is 2. The lowest BCUT2D eigenvalue weighted by Crippen LogP contribution is -2.46. The lowest BCUT2D eigenvalue weighted by molar-refractivity contribution is -0.118. The summed E-state index contributed by atoms with van der Waals surface area (Å²) in [5.41, 5.74) is 6.71. The van der Waals surface area contributed by atoms with Gasteiger partial charge in [-0.15, -0.1) is 0 Å². The minimum atomic E-state index is -0.361. The van der Waals surface area contributed by atoms with E-state index in [1.807, 2.05) is 0 Å². The number of anilines is 1. The van der Waals surface area contributed by atoms with Gasteiger partial charge in [0.05, 0.1) is 13.0 Å². The van der Waals surface area contributed by atoms with Crippen molar-refractivity contribution < 1.29 is 9.59 Å². The largest absolute Gasteiger partial charge is 0.369 e. The minimum Gasteiger partial charge on any atom is -0.369 e. The second-order valence-corrected chi connectivity index (χ2v) is 4.91. The molecule has 0 atom stereocenters. The van der Waals surface area contributed by atoms with Crippen LogP contribution in [0.1, 0.15) is 5.56 Å². The van der Waals surface area contributed by atoms with Crippen LogP contribution in [0.2, 0.25) is 0 Å². The van der Waals surface area contributed by atoms with Gasteiger partial charge in [0.25, 0.3) is 0 Å². The molecule has 1 saturated heterocycles. The number of piperazine rings is 1. The Morgan fingerprint density at radius 3 is 2.45 bits per heavy atom. The molecular formula is C14H20N4O2. The van der Waals surface area contributed by atoms with Gasteiger partial charge in [0.1, 0.15) is 0 Å². The van der Waals surface area contributed by atoms with Crippen molar-refractivity contribution in [1.82, 2.24) is 10.2 Å². The summed E-state index contributed by atoms with van der Waals surface area (Å²) in [4.78, 5) is 24.8. The summed E-state index contributed by atoms with van der Waals surface area (Å²) < 4.78 is 0. The maximum atomic E-state index is 11.9. The van der Waals surface area contributed by atoms with E-state index in [0.717, 1.165) is 37.4 Å². The molecule has 0 aromatic heterocycles. The number of carbonyl (C=O) groups excluding carboxylic acids is 2. The zero-order valence-electron chi connectivity index (χ0n) is 11.4. The summed E-state index contributed by atoms with van der Waals surface area (Å²) in [7, 11) is 0. The van der Waals surface area contributed by atoms with Gasteiger partial charge in [-0.05, 0) is 17.7 Å². The number of nitrogens with zero attached hydrogens (tertiary/aromatic N) is 1. The van der Waals surface area contributed by atoms with Crippen molar-refractivity contribution in [3.63, 3.8) is 0 Å². The molecule has 0 saturated carbocycles. The molecule has 0 spiro atoms. The van der Waals surface area contributed by atoms with Crippen molar-refractivity contribution in [3.05, 3.63) is 29.8 Å². The summed E-state index contributed by atoms with van der Waals surface area (Å²) in [6.45, 7) is 4.05. The molecule has 1 heterocycles. The fraction of sp³-hybridized carbons (Fsp3) is 0.429. The van der Waals surface area contributed by atoms with Crippen LogP contribution in [-0.2, 0) is 16.0 Å². The lowest BCUT2D eigenvalue weighted by Gasteiger charge is -2.26. The van der Waals surface area contributed by atoms with E-state index in [1.54, 1.807) is 24.3 Å². The van der Waals surface area contributed by atoms with E-state index in [2.05, 4.69) is 15.5 Å². The van der Waals surface area contributed by atoms with Gasteiger partial charge in [-0.3, -0.25) is 14.5 Å². The third-order valence-electron chi connectivity index (χ3n) is 3.19. The molecule has 108 valence electrons. The van der Waals surface area contributed by atoms with Crippen LogP contribution >= 0.6 is 0 Å². The number of carbonyl (C=O) groups is 2. The Labute approximate surface area is 118 Å². The Morgan fingerprint density at radius 2 is 1.85 bits per heavy atom. The van der Waals surface area contributed by atoms with Gasteiger partial charge in [0.15, 0.2) is 0 Å². The van der Waals surface area contributed by atoms with Gasteiger partial charge in [0.2, 0.25) is 11.8 Å². The third kappa shape index (κ3) is 4.64. The predicted molar refractivity (Wildman–Crippen MR) is 77.3 cm³/mol. The van der Waals surface area contributed by atoms with Crippen LogP contribution in [0.3, 0.4) is 0 Å². The highest BCUT2D eigenvalue weighted by Gasteiger charge is 2.13. The van der Waals surface area contributed by atoms with Crippen molar-refractivity contribution in [3.8, 4) is 0 Å². The highest BCUT2D eigenvalue weighted by atomic mass is 16.2. The van der Waals surface area contributed by atoms with Crippen LogP contribution < -0.4 is 16.4 Å². The second kappa shape index (κ2) is 7.02. The smallest absolute Gasteiger partial charge is 0.238 e. The average molecular weight is 276 g/mol. The van der Waals surface area contributed by atoms with Crippen molar-refractivity contribution in [2.45, 2.75) is 6.42 Å². The molecule has 1 aromatic rings. The quantitative estimate of drug-likeness (QED) is 0.680. The number of nitrogens with one attached hydrogen (secondary N) is 2. The van der Waals surface area contributed by atoms with E-state index in [4.69, 9.17) is 5.73 Å². The molecule has 0 unspecified atom stereocenters. The molecule has 2 amide bonds. The molecule has 1 aliphatic heterocycles. The van der Waals surface area contributed by atoms with Crippen LogP contribution in [0.25, 0.3) is 0 Å². The summed E-state index contributed by atoms with van der Waals surface area (Å²) in [6.07, 6.45) is 0.217. The van der Waals surface area contributed by atoms with E-state index < -0.39 is 0 Å². The molecule has 6 nitrogen and oxygen atoms in total. The fourth-order valence-corrected chi connectivity index (χ4v) is 2.18. The molecule has 6 heteroatoms. The Balaban J connectivity index is 1.82. The SMILES string of the molecule is NC(=O)Cc1ccc(NC(=O)CN2CCNCC2)cc1. The van der Waals surface area contributed by atoms with Gasteiger partial charge < -0.3 is 16.4 Å². The molecule has 2 rings (SSSR count). The first kappa shape index (κ1) is 14.5. The highest BCUT2D eigenvalue weighted by molar-refractivity contribution is 5.92. The average Bonchev–Trinajstić information content (AvgIpc) is 2.41. The van der Waals surface area contributed by atoms with Crippen molar-refractivity contribution in [1.29, 1.82) is 0 Å². The first-order valence-electron chi connectivity index (χ1n) is 6.73. The van der Waals surface area contributed by atoms with E-state index in [1.165, 1.54) is 0 Å². The zero-order valence-corrected chi connectivity index (χ0v) is 11.4. The van der Waals surface area contributed by atoms with Crippen LogP contribution in [0.4, 0.5) is 5.69 Å². The Hall–Kier alpha value is -1.92. The number of rotatable bonds is 5. The maximum Gasteiger partial charge on any atom is 0.238 e. The fourth-order valence-electron chi connectivity index (χ4n) is 2.18. The van der Waals surface area contributed by atoms with Gasteiger partial charge >= 0.3 is 0 Å². The standard InChI is InChI=1S/C14H20N4O2/c15-13(19)9-11-1-3-12(4-2-11)17-14(20)10-18-7-5-16-6-8-18/h1-4,16H,5-10H2,(H2,15,19)(H,17,20). The molecule has 0 radical (unpaired) electrons. The minimum absolute atomic E-state index is 0.0189. The normalized spacial score (nSPS) is 15.8. The number of nitrogens with two attached hydrogens (primary N) is 1. The molecule has 1 aromatic carbocycles. The monoisotopic (exact) mass is 276 g/mol. The number of benzene rings is 1.